The van der Waals surface area contributed by atoms with Crippen molar-refractivity contribution in [3.05, 3.63) is 65.1 Å². The lowest BCUT2D eigenvalue weighted by molar-refractivity contribution is -0.137. The summed E-state index contributed by atoms with van der Waals surface area (Å²) in [5.74, 6) is -1.12. The number of allylic oxidation sites excluding steroid dienone is 7. The van der Waals surface area contributed by atoms with Gasteiger partial charge in [0.25, 0.3) is 0 Å². The SMILES string of the molecule is O=C(C1CN(c2cccnn2)C[C@H]1C1C=CC(F)=CC1F)N1CCC[C@@H](C2=CC=C(Cl)CC2)NCC1. The second kappa shape index (κ2) is 11.2. The van der Waals surface area contributed by atoms with Gasteiger partial charge in [0.05, 0.1) is 5.92 Å². The van der Waals surface area contributed by atoms with Crippen LogP contribution in [0.2, 0.25) is 0 Å². The number of nitrogens with one attached hydrogen (secondary N) is 1. The van der Waals surface area contributed by atoms with Crippen LogP contribution in [0.25, 0.3) is 0 Å². The Bertz CT molecular complexity index is 1070. The summed E-state index contributed by atoms with van der Waals surface area (Å²) in [7, 11) is 0. The number of alkyl halides is 1. The third-order valence-corrected chi connectivity index (χ3v) is 8.12. The monoisotopic (exact) mass is 515 g/mol. The molecular formula is C27H32ClF2N5O. The number of amides is 1. The number of anilines is 1. The van der Waals surface area contributed by atoms with Gasteiger partial charge in [-0.3, -0.25) is 4.79 Å². The highest BCUT2D eigenvalue weighted by Gasteiger charge is 2.45. The van der Waals surface area contributed by atoms with E-state index in [4.69, 9.17) is 11.6 Å². The number of carbonyl (C=O) groups excluding carboxylic acids is 1. The second-order valence-electron chi connectivity index (χ2n) is 10.0. The van der Waals surface area contributed by atoms with E-state index < -0.39 is 23.8 Å². The molecule has 3 heterocycles. The Balaban J connectivity index is 1.29. The maximum atomic E-state index is 15.0. The van der Waals surface area contributed by atoms with E-state index in [1.807, 2.05) is 21.9 Å². The molecule has 6 nitrogen and oxygen atoms in total. The molecule has 4 aliphatic rings. The molecule has 3 unspecified atom stereocenters. The zero-order valence-electron chi connectivity index (χ0n) is 20.2. The van der Waals surface area contributed by atoms with E-state index in [0.29, 0.717) is 44.6 Å². The van der Waals surface area contributed by atoms with Crippen molar-refractivity contribution in [1.29, 1.82) is 0 Å². The lowest BCUT2D eigenvalue weighted by Gasteiger charge is -2.34. The lowest BCUT2D eigenvalue weighted by Crippen LogP contribution is -2.48. The molecule has 0 bridgehead atoms. The number of rotatable bonds is 4. The van der Waals surface area contributed by atoms with Gasteiger partial charge in [0, 0.05) is 55.9 Å². The predicted molar refractivity (Wildman–Crippen MR) is 137 cm³/mol. The van der Waals surface area contributed by atoms with Crippen LogP contribution >= 0.6 is 11.6 Å². The maximum absolute atomic E-state index is 15.0. The number of nitrogens with zero attached hydrogens (tertiary/aromatic N) is 4. The summed E-state index contributed by atoms with van der Waals surface area (Å²) in [5, 5.41) is 12.7. The highest BCUT2D eigenvalue weighted by molar-refractivity contribution is 6.29. The van der Waals surface area contributed by atoms with Crippen molar-refractivity contribution < 1.29 is 13.6 Å². The van der Waals surface area contributed by atoms with Gasteiger partial charge in [-0.1, -0.05) is 29.3 Å². The van der Waals surface area contributed by atoms with Crippen LogP contribution in [-0.2, 0) is 4.79 Å². The first kappa shape index (κ1) is 25.1. The van der Waals surface area contributed by atoms with Gasteiger partial charge in [-0.25, -0.2) is 8.78 Å². The molecule has 2 fully saturated rings. The van der Waals surface area contributed by atoms with Gasteiger partial charge < -0.3 is 15.1 Å². The summed E-state index contributed by atoms with van der Waals surface area (Å²) < 4.78 is 28.6. The van der Waals surface area contributed by atoms with Crippen LogP contribution in [0.3, 0.4) is 0 Å². The molecule has 36 heavy (non-hydrogen) atoms. The van der Waals surface area contributed by atoms with E-state index in [1.165, 1.54) is 11.6 Å². The van der Waals surface area contributed by atoms with Gasteiger partial charge in [0.15, 0.2) is 5.82 Å². The van der Waals surface area contributed by atoms with Crippen molar-refractivity contribution >= 4 is 23.3 Å². The first-order valence-electron chi connectivity index (χ1n) is 12.8. The van der Waals surface area contributed by atoms with Gasteiger partial charge in [-0.15, -0.1) is 5.10 Å². The maximum Gasteiger partial charge on any atom is 0.227 e. The molecule has 0 spiro atoms. The third kappa shape index (κ3) is 5.54. The average Bonchev–Trinajstić information content (AvgIpc) is 3.30. The molecule has 1 N–H and O–H groups in total. The Morgan fingerprint density at radius 2 is 2.08 bits per heavy atom. The molecule has 5 rings (SSSR count). The molecule has 1 aromatic rings. The molecular weight excluding hydrogens is 484 g/mol. The summed E-state index contributed by atoms with van der Waals surface area (Å²) in [5.41, 5.74) is 1.37. The van der Waals surface area contributed by atoms with Gasteiger partial charge in [0.1, 0.15) is 12.0 Å². The largest absolute Gasteiger partial charge is 0.354 e. The molecule has 0 radical (unpaired) electrons. The zero-order valence-corrected chi connectivity index (χ0v) is 21.0. The molecule has 2 aliphatic carbocycles. The lowest BCUT2D eigenvalue weighted by atomic mass is 9.78. The summed E-state index contributed by atoms with van der Waals surface area (Å²) in [6.07, 6.45) is 11.8. The molecule has 9 heteroatoms. The number of aromatic nitrogens is 2. The van der Waals surface area contributed by atoms with E-state index in [9.17, 15) is 13.6 Å². The Kier molecular flexibility index (Phi) is 7.82. The number of hydrogen-bond acceptors (Lipinski definition) is 5. The molecule has 1 amide bonds. The standard InChI is InChI=1S/C27H32ClF2N5O/c28-19-7-5-18(6-8-19)25-3-2-13-34(14-12-31-25)27(36)23-17-35(26-4-1-11-32-33-26)16-22(23)21-10-9-20(29)15-24(21)30/h1,4-5,7,9-11,15,21-25,31H,2-3,6,8,12-14,16-17H2/t21?,22-,23?,24?,25-/m0/s1. The fraction of sp³-hybridized carbons (Fsp3) is 0.519. The van der Waals surface area contributed by atoms with Crippen molar-refractivity contribution in [2.24, 2.45) is 17.8 Å². The Morgan fingerprint density at radius 1 is 1.19 bits per heavy atom. The summed E-state index contributed by atoms with van der Waals surface area (Å²) in [4.78, 5) is 17.8. The van der Waals surface area contributed by atoms with E-state index >= 15 is 0 Å². The van der Waals surface area contributed by atoms with Crippen LogP contribution < -0.4 is 10.2 Å². The summed E-state index contributed by atoms with van der Waals surface area (Å²) >= 11 is 6.12. The van der Waals surface area contributed by atoms with E-state index in [0.717, 1.165) is 36.8 Å². The predicted octanol–water partition coefficient (Wildman–Crippen LogP) is 4.33. The van der Waals surface area contributed by atoms with Crippen LogP contribution in [0.1, 0.15) is 25.7 Å². The van der Waals surface area contributed by atoms with E-state index in [-0.39, 0.29) is 11.8 Å². The second-order valence-corrected chi connectivity index (χ2v) is 10.5. The number of halogens is 3. The van der Waals surface area contributed by atoms with Crippen LogP contribution in [0, 0.1) is 17.8 Å². The fourth-order valence-electron chi connectivity index (χ4n) is 5.90. The molecule has 192 valence electrons. The molecule has 5 atom stereocenters. The highest BCUT2D eigenvalue weighted by atomic mass is 35.5. The van der Waals surface area contributed by atoms with Gasteiger partial charge >= 0.3 is 0 Å². The quantitative estimate of drug-likeness (QED) is 0.647. The third-order valence-electron chi connectivity index (χ3n) is 7.81. The molecule has 0 aromatic carbocycles. The first-order valence-corrected chi connectivity index (χ1v) is 13.2. The van der Waals surface area contributed by atoms with Crippen molar-refractivity contribution in [1.82, 2.24) is 20.4 Å². The van der Waals surface area contributed by atoms with Crippen molar-refractivity contribution in [2.45, 2.75) is 37.9 Å². The van der Waals surface area contributed by atoms with Gasteiger partial charge in [-0.2, -0.15) is 5.10 Å². The van der Waals surface area contributed by atoms with Crippen molar-refractivity contribution in [3.63, 3.8) is 0 Å². The molecule has 1 aromatic heterocycles. The number of carbonyl (C=O) groups is 1. The Labute approximate surface area is 215 Å². The van der Waals surface area contributed by atoms with Crippen molar-refractivity contribution in [3.8, 4) is 0 Å². The van der Waals surface area contributed by atoms with Crippen LogP contribution in [0.4, 0.5) is 14.6 Å². The Morgan fingerprint density at radius 3 is 2.83 bits per heavy atom. The van der Waals surface area contributed by atoms with Crippen LogP contribution in [0.15, 0.2) is 65.1 Å². The topological polar surface area (TPSA) is 61.4 Å². The van der Waals surface area contributed by atoms with E-state index in [2.05, 4.69) is 21.6 Å². The highest BCUT2D eigenvalue weighted by Crippen LogP contribution is 2.39. The minimum Gasteiger partial charge on any atom is -0.354 e. The smallest absolute Gasteiger partial charge is 0.227 e. The minimum atomic E-state index is -1.46. The first-order chi connectivity index (χ1) is 17.5. The summed E-state index contributed by atoms with van der Waals surface area (Å²) in [6.45, 7) is 2.88. The van der Waals surface area contributed by atoms with Crippen molar-refractivity contribution in [2.75, 3.05) is 37.6 Å². The molecule has 0 saturated carbocycles. The Hall–Kier alpha value is -2.58. The average molecular weight is 516 g/mol. The van der Waals surface area contributed by atoms with Crippen LogP contribution in [0.5, 0.6) is 0 Å². The van der Waals surface area contributed by atoms with Gasteiger partial charge in [-0.05, 0) is 62.0 Å². The zero-order chi connectivity index (χ0) is 25.1. The normalized spacial score (nSPS) is 31.3. The number of hydrogen-bond donors (Lipinski definition) is 1. The van der Waals surface area contributed by atoms with Gasteiger partial charge in [0.2, 0.25) is 5.91 Å². The van der Waals surface area contributed by atoms with E-state index in [1.54, 1.807) is 18.3 Å². The fourth-order valence-corrected chi connectivity index (χ4v) is 6.06. The molecule has 2 aliphatic heterocycles. The van der Waals surface area contributed by atoms with Crippen LogP contribution in [-0.4, -0.2) is 65.9 Å². The molecule has 2 saturated heterocycles. The summed E-state index contributed by atoms with van der Waals surface area (Å²) in [6, 6.07) is 3.95. The minimum absolute atomic E-state index is 0.0360.